The van der Waals surface area contributed by atoms with Crippen LogP contribution >= 0.6 is 0 Å². The first-order chi connectivity index (χ1) is 7.99. The van der Waals surface area contributed by atoms with Crippen molar-refractivity contribution in [3.8, 4) is 5.75 Å². The van der Waals surface area contributed by atoms with Gasteiger partial charge in [-0.1, -0.05) is 0 Å². The largest absolute Gasteiger partial charge is 0.507 e. The number of rotatable bonds is 2. The second-order valence-electron chi connectivity index (χ2n) is 3.29. The monoisotopic (exact) mass is 271 g/mol. The molecule has 0 fully saturated rings. The molecule has 0 saturated carbocycles. The highest BCUT2D eigenvalue weighted by atomic mass is 32.2. The van der Waals surface area contributed by atoms with Crippen LogP contribution in [0.3, 0.4) is 0 Å². The van der Waals surface area contributed by atoms with Crippen molar-refractivity contribution >= 4 is 32.2 Å². The minimum absolute atomic E-state index is 0.0603. The second-order valence-corrected chi connectivity index (χ2v) is 5.32. The molecule has 0 aliphatic heterocycles. The number of aromatic hydroxyl groups is 1. The Balaban J connectivity index is 2.83. The van der Waals surface area contributed by atoms with E-state index in [1.807, 2.05) is 0 Å². The van der Waals surface area contributed by atoms with Gasteiger partial charge < -0.3 is 5.11 Å². The lowest BCUT2D eigenvalue weighted by Gasteiger charge is -2.02. The molecule has 7 heteroatoms. The summed E-state index contributed by atoms with van der Waals surface area (Å²) in [6.45, 7) is 0. The van der Waals surface area contributed by atoms with Gasteiger partial charge in [0.2, 0.25) is 0 Å². The first-order valence-electron chi connectivity index (χ1n) is 4.47. The molecule has 0 spiro atoms. The van der Waals surface area contributed by atoms with Crippen LogP contribution in [0.15, 0.2) is 34.1 Å². The Morgan fingerprint density at radius 3 is 2.29 bits per heavy atom. The van der Waals surface area contributed by atoms with E-state index in [0.717, 1.165) is 0 Å². The zero-order chi connectivity index (χ0) is 12.6. The summed E-state index contributed by atoms with van der Waals surface area (Å²) in [5.41, 5.74) is 0. The van der Waals surface area contributed by atoms with Crippen LogP contribution < -0.4 is 0 Å². The fourth-order valence-corrected chi connectivity index (χ4v) is 2.35. The maximum absolute atomic E-state index is 10.8. The molecular weight excluding hydrogens is 264 g/mol. The molecule has 0 bridgehead atoms. The van der Waals surface area contributed by atoms with E-state index in [2.05, 4.69) is 6.07 Å². The Labute approximate surface area is 100 Å². The third-order valence-electron chi connectivity index (χ3n) is 2.24. The van der Waals surface area contributed by atoms with Crippen molar-refractivity contribution in [2.75, 3.05) is 0 Å². The van der Waals surface area contributed by atoms with Crippen LogP contribution in [-0.2, 0) is 21.4 Å². The molecule has 17 heavy (non-hydrogen) atoms. The van der Waals surface area contributed by atoms with Gasteiger partial charge in [-0.05, 0) is 29.7 Å². The molecule has 2 aromatic rings. The molecule has 2 aromatic carbocycles. The topological polar surface area (TPSA) is 88.5 Å². The third kappa shape index (κ3) is 2.25. The maximum Gasteiger partial charge on any atom is 0.169 e. The van der Waals surface area contributed by atoms with Crippen LogP contribution in [0.4, 0.5) is 0 Å². The molecule has 5 nitrogen and oxygen atoms in total. The zero-order valence-electron chi connectivity index (χ0n) is 8.28. The lowest BCUT2D eigenvalue weighted by Crippen LogP contribution is -1.85. The number of phenolic OH excluding ortho intramolecular Hbond substituents is 1. The van der Waals surface area contributed by atoms with Crippen molar-refractivity contribution < 1.29 is 21.9 Å². The number of benzene rings is 2. The van der Waals surface area contributed by atoms with Crippen molar-refractivity contribution in [3.05, 3.63) is 30.3 Å². The Morgan fingerprint density at radius 2 is 1.71 bits per heavy atom. The fraction of sp³-hybridized carbons (Fsp3) is 0. The highest BCUT2D eigenvalue weighted by Gasteiger charge is 2.07. The first-order valence-corrected chi connectivity index (χ1v) is 6.82. The van der Waals surface area contributed by atoms with Gasteiger partial charge >= 0.3 is 0 Å². The summed E-state index contributed by atoms with van der Waals surface area (Å²) >= 11 is 0. The van der Waals surface area contributed by atoms with Gasteiger partial charge in [-0.3, -0.25) is 0 Å². The minimum atomic E-state index is -2.88. The van der Waals surface area contributed by atoms with Gasteiger partial charge in [-0.15, -0.1) is 0 Å². The molecular formula is C10H7O5S2. The van der Waals surface area contributed by atoms with Crippen LogP contribution in [0.5, 0.6) is 5.75 Å². The van der Waals surface area contributed by atoms with E-state index in [-0.39, 0.29) is 15.5 Å². The van der Waals surface area contributed by atoms with Crippen LogP contribution in [0.25, 0.3) is 10.8 Å². The van der Waals surface area contributed by atoms with E-state index in [0.29, 0.717) is 10.8 Å². The van der Waals surface area contributed by atoms with Gasteiger partial charge in [-0.25, -0.2) is 16.8 Å². The van der Waals surface area contributed by atoms with Crippen molar-refractivity contribution in [1.29, 1.82) is 0 Å². The van der Waals surface area contributed by atoms with Gasteiger partial charge in [0, 0.05) is 11.5 Å². The van der Waals surface area contributed by atoms with Crippen LogP contribution in [-0.4, -0.2) is 21.9 Å². The van der Waals surface area contributed by atoms with E-state index in [9.17, 15) is 21.9 Å². The standard InChI is InChI=1S/C10H7O5S2/c11-10-5-8(17(14)15)4-6-3-7(16(12)13)1-2-9(6)10/h1-4,11,16-17H. The summed E-state index contributed by atoms with van der Waals surface area (Å²) in [6, 6.07) is 7.61. The van der Waals surface area contributed by atoms with Crippen LogP contribution in [0.1, 0.15) is 0 Å². The van der Waals surface area contributed by atoms with Gasteiger partial charge in [0.25, 0.3) is 0 Å². The van der Waals surface area contributed by atoms with Crippen LogP contribution in [0, 0.1) is 6.07 Å². The SMILES string of the molecule is O=[SH](=O)c1[c]c(O)c2ccc([SH](=O)=O)cc2c1. The summed E-state index contributed by atoms with van der Waals surface area (Å²) in [6.07, 6.45) is 0. The summed E-state index contributed by atoms with van der Waals surface area (Å²) in [7, 11) is -5.62. The van der Waals surface area contributed by atoms with Gasteiger partial charge in [0.15, 0.2) is 21.4 Å². The minimum Gasteiger partial charge on any atom is -0.507 e. The van der Waals surface area contributed by atoms with Crippen LogP contribution in [0.2, 0.25) is 0 Å². The van der Waals surface area contributed by atoms with E-state index >= 15 is 0 Å². The van der Waals surface area contributed by atoms with Gasteiger partial charge in [0.1, 0.15) is 5.75 Å². The number of phenols is 1. The molecule has 89 valence electrons. The zero-order valence-corrected chi connectivity index (χ0v) is 10.1. The Bertz CT molecular complexity index is 722. The number of fused-ring (bicyclic) bond motifs is 1. The summed E-state index contributed by atoms with van der Waals surface area (Å²) in [4.78, 5) is -0.117. The summed E-state index contributed by atoms with van der Waals surface area (Å²) in [5, 5.41) is 10.2. The highest BCUT2D eigenvalue weighted by Crippen LogP contribution is 2.27. The molecule has 0 aliphatic carbocycles. The maximum atomic E-state index is 10.8. The number of hydrogen-bond acceptors (Lipinski definition) is 5. The molecule has 0 unspecified atom stereocenters. The second kappa shape index (κ2) is 4.34. The number of thiol groups is 2. The average Bonchev–Trinajstić information content (AvgIpc) is 2.27. The first kappa shape index (κ1) is 11.9. The van der Waals surface area contributed by atoms with E-state index in [1.54, 1.807) is 0 Å². The summed E-state index contributed by atoms with van der Waals surface area (Å²) < 4.78 is 43.2. The van der Waals surface area contributed by atoms with Crippen molar-refractivity contribution in [2.45, 2.75) is 9.79 Å². The fourth-order valence-electron chi connectivity index (χ4n) is 1.47. The predicted molar refractivity (Wildman–Crippen MR) is 61.6 cm³/mol. The molecule has 2 rings (SSSR count). The normalized spacial score (nSPS) is 11.4. The molecule has 1 N–H and O–H groups in total. The Kier molecular flexibility index (Phi) is 3.03. The highest BCUT2D eigenvalue weighted by molar-refractivity contribution is 7.72. The number of hydrogen-bond donors (Lipinski definition) is 3. The quantitative estimate of drug-likeness (QED) is 0.683. The molecule has 0 amide bonds. The van der Waals surface area contributed by atoms with Crippen molar-refractivity contribution in [3.63, 3.8) is 0 Å². The average molecular weight is 271 g/mol. The third-order valence-corrected chi connectivity index (χ3v) is 3.57. The summed E-state index contributed by atoms with van der Waals surface area (Å²) in [5.74, 6) is -0.315. The van der Waals surface area contributed by atoms with E-state index in [4.69, 9.17) is 0 Å². The molecule has 1 radical (unpaired) electrons. The van der Waals surface area contributed by atoms with Gasteiger partial charge in [0.05, 0.1) is 9.79 Å². The molecule has 0 atom stereocenters. The lowest BCUT2D eigenvalue weighted by atomic mass is 10.1. The Hall–Kier alpha value is -1.60. The van der Waals surface area contributed by atoms with E-state index in [1.165, 1.54) is 24.3 Å². The van der Waals surface area contributed by atoms with Gasteiger partial charge in [-0.2, -0.15) is 0 Å². The van der Waals surface area contributed by atoms with E-state index < -0.39 is 21.4 Å². The van der Waals surface area contributed by atoms with Crippen molar-refractivity contribution in [1.82, 2.24) is 0 Å². The molecule has 0 saturated heterocycles. The lowest BCUT2D eigenvalue weighted by molar-refractivity contribution is 0.478. The molecule has 0 heterocycles. The molecule has 0 aliphatic rings. The smallest absolute Gasteiger partial charge is 0.169 e. The Morgan fingerprint density at radius 1 is 1.00 bits per heavy atom. The predicted octanol–water partition coefficient (Wildman–Crippen LogP) is 0.286. The van der Waals surface area contributed by atoms with Crippen molar-refractivity contribution in [2.24, 2.45) is 0 Å². The molecule has 0 aromatic heterocycles.